The zero-order chi connectivity index (χ0) is 15.6. The quantitative estimate of drug-likeness (QED) is 0.907. The Balaban J connectivity index is 2.20. The normalized spacial score (nSPS) is 25.8. The molecule has 0 aliphatic carbocycles. The molecule has 0 bridgehead atoms. The maximum Gasteiger partial charge on any atom is 0.0473 e. The lowest BCUT2D eigenvalue weighted by Gasteiger charge is -2.42. The van der Waals surface area contributed by atoms with Crippen LogP contribution in [0.3, 0.4) is 0 Å². The first-order valence-corrected chi connectivity index (χ1v) is 8.39. The molecular weight excluding hydrogens is 256 g/mol. The number of likely N-dealkylation sites (tertiary alicyclic amines) is 1. The van der Waals surface area contributed by atoms with E-state index in [4.69, 9.17) is 5.73 Å². The Hall–Kier alpha value is -0.860. The Morgan fingerprint density at radius 3 is 2.29 bits per heavy atom. The van der Waals surface area contributed by atoms with Gasteiger partial charge in [-0.3, -0.25) is 4.90 Å². The molecular formula is C19H32N2. The SMILES string of the molecule is CC1CCC(C)N(C(CN)c2ccc(C(C)(C)C)cc2)C1. The Morgan fingerprint density at radius 2 is 1.76 bits per heavy atom. The molecule has 2 N–H and O–H groups in total. The average Bonchev–Trinajstić information content (AvgIpc) is 2.43. The van der Waals surface area contributed by atoms with E-state index in [9.17, 15) is 0 Å². The summed E-state index contributed by atoms with van der Waals surface area (Å²) >= 11 is 0. The van der Waals surface area contributed by atoms with E-state index < -0.39 is 0 Å². The summed E-state index contributed by atoms with van der Waals surface area (Å²) < 4.78 is 0. The molecule has 3 atom stereocenters. The smallest absolute Gasteiger partial charge is 0.0473 e. The number of benzene rings is 1. The minimum Gasteiger partial charge on any atom is -0.329 e. The third kappa shape index (κ3) is 3.87. The molecule has 1 aliphatic heterocycles. The number of rotatable bonds is 3. The van der Waals surface area contributed by atoms with Crippen LogP contribution in [0.5, 0.6) is 0 Å². The fourth-order valence-corrected chi connectivity index (χ4v) is 3.43. The van der Waals surface area contributed by atoms with Crippen molar-refractivity contribution in [3.05, 3.63) is 35.4 Å². The van der Waals surface area contributed by atoms with Crippen LogP contribution in [0.1, 0.15) is 64.6 Å². The standard InChI is InChI=1S/C19H32N2/c1-14-6-7-15(2)21(13-14)18(12-20)16-8-10-17(11-9-16)19(3,4)5/h8-11,14-15,18H,6-7,12-13,20H2,1-5H3. The van der Waals surface area contributed by atoms with Gasteiger partial charge in [-0.2, -0.15) is 0 Å². The Morgan fingerprint density at radius 1 is 1.14 bits per heavy atom. The molecule has 1 aromatic rings. The monoisotopic (exact) mass is 288 g/mol. The molecule has 2 nitrogen and oxygen atoms in total. The minimum absolute atomic E-state index is 0.212. The topological polar surface area (TPSA) is 29.3 Å². The van der Waals surface area contributed by atoms with Crippen molar-refractivity contribution in [3.63, 3.8) is 0 Å². The van der Waals surface area contributed by atoms with Gasteiger partial charge in [0.05, 0.1) is 0 Å². The third-order valence-electron chi connectivity index (χ3n) is 4.95. The van der Waals surface area contributed by atoms with Gasteiger partial charge in [-0.15, -0.1) is 0 Å². The fourth-order valence-electron chi connectivity index (χ4n) is 3.43. The number of hydrogen-bond acceptors (Lipinski definition) is 2. The molecule has 0 aromatic heterocycles. The van der Waals surface area contributed by atoms with Crippen LogP contribution < -0.4 is 5.73 Å². The van der Waals surface area contributed by atoms with E-state index in [0.717, 1.165) is 5.92 Å². The average molecular weight is 288 g/mol. The maximum atomic E-state index is 6.13. The minimum atomic E-state index is 0.212. The maximum absolute atomic E-state index is 6.13. The molecule has 1 fully saturated rings. The lowest BCUT2D eigenvalue weighted by molar-refractivity contribution is 0.0798. The van der Waals surface area contributed by atoms with Gasteiger partial charge in [0.15, 0.2) is 0 Å². The summed E-state index contributed by atoms with van der Waals surface area (Å²) in [5, 5.41) is 0. The van der Waals surface area contributed by atoms with Crippen LogP contribution in [0.2, 0.25) is 0 Å². The summed E-state index contributed by atoms with van der Waals surface area (Å²) in [4.78, 5) is 2.61. The van der Waals surface area contributed by atoms with E-state index in [-0.39, 0.29) is 5.41 Å². The van der Waals surface area contributed by atoms with Gasteiger partial charge in [0, 0.05) is 25.2 Å². The summed E-state index contributed by atoms with van der Waals surface area (Å²) in [7, 11) is 0. The van der Waals surface area contributed by atoms with E-state index in [1.54, 1.807) is 0 Å². The molecule has 21 heavy (non-hydrogen) atoms. The van der Waals surface area contributed by atoms with Crippen molar-refractivity contribution in [1.29, 1.82) is 0 Å². The Labute approximate surface area is 130 Å². The molecule has 0 saturated carbocycles. The molecule has 1 aromatic carbocycles. The van der Waals surface area contributed by atoms with E-state index in [2.05, 4.69) is 63.8 Å². The predicted molar refractivity (Wildman–Crippen MR) is 91.5 cm³/mol. The van der Waals surface area contributed by atoms with Crippen LogP contribution >= 0.6 is 0 Å². The Bertz CT molecular complexity index is 444. The highest BCUT2D eigenvalue weighted by Gasteiger charge is 2.29. The number of hydrogen-bond donors (Lipinski definition) is 1. The van der Waals surface area contributed by atoms with Gasteiger partial charge in [0.25, 0.3) is 0 Å². The van der Waals surface area contributed by atoms with Crippen LogP contribution in [0.15, 0.2) is 24.3 Å². The van der Waals surface area contributed by atoms with Crippen molar-refractivity contribution in [2.75, 3.05) is 13.1 Å². The van der Waals surface area contributed by atoms with Crippen LogP contribution in [-0.4, -0.2) is 24.0 Å². The first-order chi connectivity index (χ1) is 9.82. The first kappa shape index (κ1) is 16.5. The van der Waals surface area contributed by atoms with Crippen molar-refractivity contribution < 1.29 is 0 Å². The Kier molecular flexibility index (Phi) is 5.11. The summed E-state index contributed by atoms with van der Waals surface area (Å²) in [6.45, 7) is 13.4. The van der Waals surface area contributed by atoms with Gasteiger partial charge in [-0.1, -0.05) is 52.0 Å². The van der Waals surface area contributed by atoms with E-state index >= 15 is 0 Å². The first-order valence-electron chi connectivity index (χ1n) is 8.39. The van der Waals surface area contributed by atoms with Crippen LogP contribution in [0.25, 0.3) is 0 Å². The molecule has 0 amide bonds. The molecule has 2 heteroatoms. The highest BCUT2D eigenvalue weighted by Crippen LogP contribution is 2.31. The molecule has 1 aliphatic rings. The third-order valence-corrected chi connectivity index (χ3v) is 4.95. The van der Waals surface area contributed by atoms with E-state index in [0.29, 0.717) is 18.6 Å². The van der Waals surface area contributed by atoms with Crippen molar-refractivity contribution >= 4 is 0 Å². The molecule has 118 valence electrons. The van der Waals surface area contributed by atoms with Gasteiger partial charge in [0.2, 0.25) is 0 Å². The summed E-state index contributed by atoms with van der Waals surface area (Å²) in [5.74, 6) is 0.782. The number of nitrogens with two attached hydrogens (primary N) is 1. The van der Waals surface area contributed by atoms with Crippen molar-refractivity contribution in [2.24, 2.45) is 11.7 Å². The second-order valence-electron chi connectivity index (χ2n) is 7.85. The highest BCUT2D eigenvalue weighted by atomic mass is 15.2. The van der Waals surface area contributed by atoms with Crippen molar-refractivity contribution in [1.82, 2.24) is 4.90 Å². The number of nitrogens with zero attached hydrogens (tertiary/aromatic N) is 1. The zero-order valence-corrected chi connectivity index (χ0v) is 14.4. The fraction of sp³-hybridized carbons (Fsp3) is 0.684. The predicted octanol–water partition coefficient (Wildman–Crippen LogP) is 4.10. The lowest BCUT2D eigenvalue weighted by atomic mass is 9.85. The van der Waals surface area contributed by atoms with Crippen molar-refractivity contribution in [3.8, 4) is 0 Å². The molecule has 1 saturated heterocycles. The molecule has 0 spiro atoms. The molecule has 3 unspecified atom stereocenters. The largest absolute Gasteiger partial charge is 0.329 e. The molecule has 0 radical (unpaired) electrons. The van der Waals surface area contributed by atoms with E-state index in [1.807, 2.05) is 0 Å². The lowest BCUT2D eigenvalue weighted by Crippen LogP contribution is -2.45. The summed E-state index contributed by atoms with van der Waals surface area (Å²) in [5.41, 5.74) is 9.10. The molecule has 1 heterocycles. The van der Waals surface area contributed by atoms with Crippen LogP contribution in [-0.2, 0) is 5.41 Å². The van der Waals surface area contributed by atoms with Gasteiger partial charge < -0.3 is 5.73 Å². The second-order valence-corrected chi connectivity index (χ2v) is 7.85. The van der Waals surface area contributed by atoms with Gasteiger partial charge in [0.1, 0.15) is 0 Å². The highest BCUT2D eigenvalue weighted by molar-refractivity contribution is 5.29. The zero-order valence-electron chi connectivity index (χ0n) is 14.4. The van der Waals surface area contributed by atoms with Crippen molar-refractivity contribution in [2.45, 2.75) is 65.0 Å². The summed E-state index contributed by atoms with van der Waals surface area (Å²) in [6, 6.07) is 10.1. The van der Waals surface area contributed by atoms with Crippen LogP contribution in [0, 0.1) is 5.92 Å². The van der Waals surface area contributed by atoms with Gasteiger partial charge >= 0.3 is 0 Å². The van der Waals surface area contributed by atoms with Crippen LogP contribution in [0.4, 0.5) is 0 Å². The summed E-state index contributed by atoms with van der Waals surface area (Å²) in [6.07, 6.45) is 2.63. The van der Waals surface area contributed by atoms with Gasteiger partial charge in [-0.05, 0) is 42.2 Å². The second kappa shape index (κ2) is 6.50. The van der Waals surface area contributed by atoms with E-state index in [1.165, 1.54) is 30.5 Å². The molecule has 2 rings (SSSR count). The van der Waals surface area contributed by atoms with Gasteiger partial charge in [-0.25, -0.2) is 0 Å². The number of piperidine rings is 1.